The number of hydrogen-bond donors (Lipinski definition) is 1. The van der Waals surface area contributed by atoms with Gasteiger partial charge in [0.15, 0.2) is 11.4 Å². The number of hydrogen-bond acceptors (Lipinski definition) is 4. The van der Waals surface area contributed by atoms with Crippen LogP contribution in [0.25, 0.3) is 0 Å². The molecule has 2 heterocycles. The SMILES string of the molecule is Cc1noc(C2(c3ccccc3Cl)CO2)c1N. The summed E-state index contributed by atoms with van der Waals surface area (Å²) in [4.78, 5) is 0. The van der Waals surface area contributed by atoms with E-state index in [1.807, 2.05) is 24.3 Å². The molecule has 3 rings (SSSR count). The first kappa shape index (κ1) is 10.6. The Balaban J connectivity index is 2.14. The number of benzene rings is 1. The number of nitrogen functional groups attached to an aromatic ring is 1. The Hall–Kier alpha value is -1.52. The molecule has 1 aromatic carbocycles. The van der Waals surface area contributed by atoms with Gasteiger partial charge < -0.3 is 15.0 Å². The Morgan fingerprint density at radius 2 is 2.12 bits per heavy atom. The van der Waals surface area contributed by atoms with E-state index < -0.39 is 5.60 Å². The predicted molar refractivity (Wildman–Crippen MR) is 63.8 cm³/mol. The Bertz CT molecular complexity index is 576. The largest absolute Gasteiger partial charge is 0.394 e. The number of halogens is 1. The zero-order chi connectivity index (χ0) is 12.0. The van der Waals surface area contributed by atoms with Crippen LogP contribution in [0.15, 0.2) is 28.8 Å². The monoisotopic (exact) mass is 250 g/mol. The van der Waals surface area contributed by atoms with E-state index in [1.54, 1.807) is 6.92 Å². The maximum absolute atomic E-state index is 6.17. The molecule has 88 valence electrons. The van der Waals surface area contributed by atoms with Gasteiger partial charge in [0, 0.05) is 10.6 Å². The number of aromatic nitrogens is 1. The van der Waals surface area contributed by atoms with Crippen molar-refractivity contribution in [3.63, 3.8) is 0 Å². The lowest BCUT2D eigenvalue weighted by Gasteiger charge is -2.11. The summed E-state index contributed by atoms with van der Waals surface area (Å²) in [7, 11) is 0. The molecule has 0 aliphatic carbocycles. The van der Waals surface area contributed by atoms with Crippen molar-refractivity contribution in [1.29, 1.82) is 0 Å². The fourth-order valence-corrected chi connectivity index (χ4v) is 2.23. The van der Waals surface area contributed by atoms with E-state index >= 15 is 0 Å². The van der Waals surface area contributed by atoms with Gasteiger partial charge in [-0.25, -0.2) is 0 Å². The van der Waals surface area contributed by atoms with Crippen molar-refractivity contribution < 1.29 is 9.26 Å². The second-order valence-electron chi connectivity index (χ2n) is 4.11. The van der Waals surface area contributed by atoms with Gasteiger partial charge in [0.1, 0.15) is 11.4 Å². The standard InChI is InChI=1S/C12H11ClN2O2/c1-7-10(14)11(17-15-7)12(6-16-12)8-4-2-3-5-9(8)13/h2-5H,6,14H2,1H3. The third-order valence-electron chi connectivity index (χ3n) is 3.02. The Labute approximate surface area is 103 Å². The van der Waals surface area contributed by atoms with Gasteiger partial charge in [-0.15, -0.1) is 0 Å². The second-order valence-corrected chi connectivity index (χ2v) is 4.51. The number of rotatable bonds is 2. The van der Waals surface area contributed by atoms with Crippen LogP contribution >= 0.6 is 11.6 Å². The predicted octanol–water partition coefficient (Wildman–Crippen LogP) is 2.49. The van der Waals surface area contributed by atoms with Crippen LogP contribution in [0, 0.1) is 6.92 Å². The average molecular weight is 251 g/mol. The fourth-order valence-electron chi connectivity index (χ4n) is 1.94. The van der Waals surface area contributed by atoms with Gasteiger partial charge >= 0.3 is 0 Å². The summed E-state index contributed by atoms with van der Waals surface area (Å²) in [5.41, 5.74) is 7.35. The van der Waals surface area contributed by atoms with Crippen molar-refractivity contribution in [3.05, 3.63) is 46.3 Å². The third-order valence-corrected chi connectivity index (χ3v) is 3.35. The van der Waals surface area contributed by atoms with Gasteiger partial charge in [0.05, 0.1) is 6.61 Å². The Morgan fingerprint density at radius 3 is 2.65 bits per heavy atom. The second kappa shape index (κ2) is 3.48. The molecule has 1 aliphatic heterocycles. The molecule has 0 amide bonds. The summed E-state index contributed by atoms with van der Waals surface area (Å²) in [5, 5.41) is 4.49. The van der Waals surface area contributed by atoms with Crippen molar-refractivity contribution in [1.82, 2.24) is 5.16 Å². The summed E-state index contributed by atoms with van der Waals surface area (Å²) >= 11 is 6.17. The average Bonchev–Trinajstić information content (AvgIpc) is 3.04. The Kier molecular flexibility index (Phi) is 2.18. The maximum Gasteiger partial charge on any atom is 0.198 e. The molecule has 1 unspecified atom stereocenters. The summed E-state index contributed by atoms with van der Waals surface area (Å²) in [6, 6.07) is 7.51. The zero-order valence-electron chi connectivity index (χ0n) is 9.24. The van der Waals surface area contributed by atoms with Crippen molar-refractivity contribution in [3.8, 4) is 0 Å². The van der Waals surface area contributed by atoms with E-state index in [0.717, 1.165) is 5.56 Å². The number of nitrogens with two attached hydrogens (primary N) is 1. The first-order chi connectivity index (χ1) is 8.15. The molecule has 0 saturated carbocycles. The summed E-state index contributed by atoms with van der Waals surface area (Å²) in [5.74, 6) is 0.545. The number of epoxide rings is 1. The first-order valence-electron chi connectivity index (χ1n) is 5.26. The quantitative estimate of drug-likeness (QED) is 0.832. The molecule has 1 aliphatic rings. The van der Waals surface area contributed by atoms with Crippen LogP contribution in [0.1, 0.15) is 17.0 Å². The van der Waals surface area contributed by atoms with Crippen LogP contribution in [-0.4, -0.2) is 11.8 Å². The number of ether oxygens (including phenoxy) is 1. The highest BCUT2D eigenvalue weighted by atomic mass is 35.5. The minimum atomic E-state index is -0.649. The normalized spacial score (nSPS) is 22.7. The topological polar surface area (TPSA) is 64.6 Å². The van der Waals surface area contributed by atoms with E-state index in [-0.39, 0.29) is 0 Å². The van der Waals surface area contributed by atoms with Gasteiger partial charge in [-0.1, -0.05) is 35.0 Å². The molecule has 1 aromatic heterocycles. The van der Waals surface area contributed by atoms with Gasteiger partial charge in [-0.05, 0) is 13.0 Å². The fraction of sp³-hybridized carbons (Fsp3) is 0.250. The lowest BCUT2D eigenvalue weighted by molar-refractivity contribution is 0.274. The third kappa shape index (κ3) is 1.45. The van der Waals surface area contributed by atoms with E-state index in [1.165, 1.54) is 0 Å². The minimum absolute atomic E-state index is 0.509. The molecule has 4 nitrogen and oxygen atoms in total. The molecular weight excluding hydrogens is 240 g/mol. The lowest BCUT2D eigenvalue weighted by atomic mass is 9.96. The number of aryl methyl sites for hydroxylation is 1. The molecule has 2 aromatic rings. The molecule has 17 heavy (non-hydrogen) atoms. The van der Waals surface area contributed by atoms with E-state index in [2.05, 4.69) is 5.16 Å². The van der Waals surface area contributed by atoms with Crippen molar-refractivity contribution in [2.75, 3.05) is 12.3 Å². The number of anilines is 1. The molecular formula is C12H11ClN2O2. The van der Waals surface area contributed by atoms with Crippen LogP contribution in [0.5, 0.6) is 0 Å². The highest BCUT2D eigenvalue weighted by molar-refractivity contribution is 6.31. The zero-order valence-corrected chi connectivity index (χ0v) is 9.99. The molecule has 0 radical (unpaired) electrons. The first-order valence-corrected chi connectivity index (χ1v) is 5.64. The molecule has 1 atom stereocenters. The molecule has 1 fully saturated rings. The van der Waals surface area contributed by atoms with Crippen LogP contribution in [0.4, 0.5) is 5.69 Å². The van der Waals surface area contributed by atoms with Crippen molar-refractivity contribution in [2.24, 2.45) is 0 Å². The van der Waals surface area contributed by atoms with Crippen LogP contribution in [-0.2, 0) is 10.3 Å². The highest BCUT2D eigenvalue weighted by Gasteiger charge is 2.54. The van der Waals surface area contributed by atoms with Crippen LogP contribution < -0.4 is 5.73 Å². The van der Waals surface area contributed by atoms with Gasteiger partial charge in [0.25, 0.3) is 0 Å². The minimum Gasteiger partial charge on any atom is -0.394 e. The van der Waals surface area contributed by atoms with Gasteiger partial charge in [0.2, 0.25) is 0 Å². The van der Waals surface area contributed by atoms with Gasteiger partial charge in [-0.3, -0.25) is 0 Å². The van der Waals surface area contributed by atoms with E-state index in [4.69, 9.17) is 26.6 Å². The van der Waals surface area contributed by atoms with Gasteiger partial charge in [-0.2, -0.15) is 0 Å². The van der Waals surface area contributed by atoms with Crippen molar-refractivity contribution in [2.45, 2.75) is 12.5 Å². The molecule has 1 saturated heterocycles. The molecule has 0 spiro atoms. The summed E-state index contributed by atoms with van der Waals surface area (Å²) < 4.78 is 10.8. The molecule has 5 heteroatoms. The summed E-state index contributed by atoms with van der Waals surface area (Å²) in [6.45, 7) is 2.31. The van der Waals surface area contributed by atoms with Crippen LogP contribution in [0.3, 0.4) is 0 Å². The Morgan fingerprint density at radius 1 is 1.41 bits per heavy atom. The lowest BCUT2D eigenvalue weighted by Crippen LogP contribution is -2.12. The van der Waals surface area contributed by atoms with E-state index in [0.29, 0.717) is 28.8 Å². The molecule has 0 bridgehead atoms. The molecule has 2 N–H and O–H groups in total. The van der Waals surface area contributed by atoms with Crippen LogP contribution in [0.2, 0.25) is 5.02 Å². The summed E-state index contributed by atoms with van der Waals surface area (Å²) in [6.07, 6.45) is 0. The van der Waals surface area contributed by atoms with E-state index in [9.17, 15) is 0 Å². The number of nitrogens with zero attached hydrogens (tertiary/aromatic N) is 1. The maximum atomic E-state index is 6.17. The highest BCUT2D eigenvalue weighted by Crippen LogP contribution is 2.49. The van der Waals surface area contributed by atoms with Crippen molar-refractivity contribution >= 4 is 17.3 Å². The smallest absolute Gasteiger partial charge is 0.198 e.